The number of carbonyl (C=O) groups is 2. The number of nitrogens with one attached hydrogen (secondary N) is 2. The van der Waals surface area contributed by atoms with Crippen LogP contribution in [0.3, 0.4) is 0 Å². The van der Waals surface area contributed by atoms with Gasteiger partial charge in [0.25, 0.3) is 0 Å². The number of rotatable bonds is 8. The molecule has 1 aliphatic rings. The normalized spacial score (nSPS) is 18.1. The Kier molecular flexibility index (Phi) is 9.44. The third-order valence-corrected chi connectivity index (χ3v) is 6.84. The van der Waals surface area contributed by atoms with Gasteiger partial charge in [-0.1, -0.05) is 38.1 Å². The minimum absolute atomic E-state index is 0.0310. The van der Waals surface area contributed by atoms with Crippen molar-refractivity contribution in [3.05, 3.63) is 35.7 Å². The van der Waals surface area contributed by atoms with Crippen LogP contribution in [-0.4, -0.2) is 68.7 Å². The van der Waals surface area contributed by atoms with Gasteiger partial charge in [-0.05, 0) is 33.1 Å². The minimum Gasteiger partial charge on any atom is -0.444 e. The topological polar surface area (TPSA) is 118 Å². The molecule has 0 saturated carbocycles. The maximum absolute atomic E-state index is 13.1. The van der Waals surface area contributed by atoms with Gasteiger partial charge in [-0.3, -0.25) is 4.79 Å². The lowest BCUT2D eigenvalue weighted by atomic mass is 10.0. The van der Waals surface area contributed by atoms with E-state index in [-0.39, 0.29) is 42.7 Å². The first kappa shape index (κ1) is 27.6. The van der Waals surface area contributed by atoms with Crippen molar-refractivity contribution < 1.29 is 27.5 Å². The second-order valence-corrected chi connectivity index (χ2v) is 11.4. The lowest BCUT2D eigenvalue weighted by Gasteiger charge is -2.33. The van der Waals surface area contributed by atoms with E-state index in [2.05, 4.69) is 15.5 Å². The highest BCUT2D eigenvalue weighted by atomic mass is 32.2. The Morgan fingerprint density at radius 1 is 1.29 bits per heavy atom. The molecule has 2 amide bonds. The van der Waals surface area contributed by atoms with E-state index in [0.29, 0.717) is 6.42 Å². The van der Waals surface area contributed by atoms with Gasteiger partial charge in [-0.15, -0.1) is 0 Å². The molecular weight excluding hydrogens is 460 g/mol. The van der Waals surface area contributed by atoms with Gasteiger partial charge in [-0.25, -0.2) is 18.1 Å². The minimum atomic E-state index is -3.89. The molecule has 1 fully saturated rings. The van der Waals surface area contributed by atoms with E-state index in [4.69, 9.17) is 16.0 Å². The second kappa shape index (κ2) is 11.6. The van der Waals surface area contributed by atoms with E-state index in [1.54, 1.807) is 32.9 Å². The molecule has 0 radical (unpaired) electrons. The Bertz CT molecular complexity index is 1010. The van der Waals surface area contributed by atoms with Crippen LogP contribution in [0, 0.1) is 12.5 Å². The molecule has 2 atom stereocenters. The first-order valence-corrected chi connectivity index (χ1v) is 12.6. The molecule has 34 heavy (non-hydrogen) atoms. The van der Waals surface area contributed by atoms with Crippen LogP contribution in [0.1, 0.15) is 41.0 Å². The van der Waals surface area contributed by atoms with Gasteiger partial charge in [0.2, 0.25) is 21.6 Å². The molecule has 1 aromatic carbocycles. The van der Waals surface area contributed by atoms with Gasteiger partial charge in [0.05, 0.1) is 24.2 Å². The zero-order valence-corrected chi connectivity index (χ0v) is 21.1. The number of carbonyl (C=O) groups excluding carboxylic acids is 2. The number of amides is 2. The Morgan fingerprint density at radius 2 is 1.97 bits per heavy atom. The highest BCUT2D eigenvalue weighted by Crippen LogP contribution is 2.27. The van der Waals surface area contributed by atoms with Crippen LogP contribution in [0.15, 0.2) is 29.2 Å². The van der Waals surface area contributed by atoms with Gasteiger partial charge in [0.15, 0.2) is 0 Å². The first-order chi connectivity index (χ1) is 15.8. The number of hydrogen-bond donors (Lipinski definition) is 2. The molecule has 1 heterocycles. The maximum Gasteiger partial charge on any atom is 0.408 e. The predicted molar refractivity (Wildman–Crippen MR) is 127 cm³/mol. The number of alkyl carbamates (subject to hydrolysis) is 1. The number of ether oxygens (including phenoxy) is 2. The fraction of sp³-hybridized carbons (Fsp3) is 0.609. The number of sulfonamides is 1. The van der Waals surface area contributed by atoms with E-state index in [1.807, 2.05) is 13.8 Å². The molecule has 2 rings (SSSR count). The summed E-state index contributed by atoms with van der Waals surface area (Å²) in [4.78, 5) is 28.2. The average molecular weight is 495 g/mol. The summed E-state index contributed by atoms with van der Waals surface area (Å²) in [6.07, 6.45) is -0.850. The SMILES string of the molecule is [C-]#[N+]c1ccccc1S(=O)(=O)N1CCO[C@H](CNC(=O)[C@H](CC(C)C)NC(=O)OC(C)(C)C)C1. The van der Waals surface area contributed by atoms with Crippen LogP contribution in [0.25, 0.3) is 4.85 Å². The van der Waals surface area contributed by atoms with Gasteiger partial charge >= 0.3 is 6.09 Å². The standard InChI is InChI=1S/C23H34N4O6S/c1-16(2)13-19(26-22(29)33-23(3,4)5)21(28)25-14-17-15-27(11-12-32-17)34(30,31)20-10-8-7-9-18(20)24-6/h7-10,16-17,19H,11-15H2,1-5H3,(H,25,28)(H,26,29)/t17-,19+/m1/s1. The Labute approximate surface area is 201 Å². The third-order valence-electron chi connectivity index (χ3n) is 4.92. The van der Waals surface area contributed by atoms with E-state index >= 15 is 0 Å². The fourth-order valence-electron chi connectivity index (χ4n) is 3.43. The van der Waals surface area contributed by atoms with Crippen molar-refractivity contribution in [1.82, 2.24) is 14.9 Å². The number of benzene rings is 1. The van der Waals surface area contributed by atoms with Crippen LogP contribution in [-0.2, 0) is 24.3 Å². The van der Waals surface area contributed by atoms with Crippen molar-refractivity contribution in [2.24, 2.45) is 5.92 Å². The summed E-state index contributed by atoms with van der Waals surface area (Å²) < 4.78 is 38.4. The fourth-order valence-corrected chi connectivity index (χ4v) is 5.02. The molecule has 1 aromatic rings. The van der Waals surface area contributed by atoms with Crippen molar-refractivity contribution in [2.75, 3.05) is 26.2 Å². The summed E-state index contributed by atoms with van der Waals surface area (Å²) in [6, 6.07) is 5.26. The van der Waals surface area contributed by atoms with Crippen LogP contribution in [0.5, 0.6) is 0 Å². The zero-order chi connectivity index (χ0) is 25.5. The summed E-state index contributed by atoms with van der Waals surface area (Å²) in [5, 5.41) is 5.37. The molecule has 1 saturated heterocycles. The second-order valence-electron chi connectivity index (χ2n) is 9.51. The Balaban J connectivity index is 2.02. The molecule has 0 bridgehead atoms. The molecule has 0 aromatic heterocycles. The largest absolute Gasteiger partial charge is 0.444 e. The third kappa shape index (κ3) is 7.97. The van der Waals surface area contributed by atoms with Gasteiger partial charge < -0.3 is 20.1 Å². The smallest absolute Gasteiger partial charge is 0.408 e. The van der Waals surface area contributed by atoms with Crippen LogP contribution in [0.4, 0.5) is 10.5 Å². The highest BCUT2D eigenvalue weighted by Gasteiger charge is 2.33. The lowest BCUT2D eigenvalue weighted by Crippen LogP contribution is -2.53. The monoisotopic (exact) mass is 494 g/mol. The number of para-hydroxylation sites is 1. The molecule has 0 spiro atoms. The van der Waals surface area contributed by atoms with Crippen molar-refractivity contribution >= 4 is 27.7 Å². The molecular formula is C23H34N4O6S. The Morgan fingerprint density at radius 3 is 2.59 bits per heavy atom. The lowest BCUT2D eigenvalue weighted by molar-refractivity contribution is -0.124. The molecule has 11 heteroatoms. The summed E-state index contributed by atoms with van der Waals surface area (Å²) in [5.74, 6) is -0.263. The molecule has 2 N–H and O–H groups in total. The average Bonchev–Trinajstić information content (AvgIpc) is 2.75. The van der Waals surface area contributed by atoms with E-state index in [0.717, 1.165) is 0 Å². The summed E-state index contributed by atoms with van der Waals surface area (Å²) in [5.41, 5.74) is -0.636. The molecule has 1 aliphatic heterocycles. The summed E-state index contributed by atoms with van der Waals surface area (Å²) in [6.45, 7) is 16.7. The van der Waals surface area contributed by atoms with Gasteiger partial charge in [-0.2, -0.15) is 4.31 Å². The highest BCUT2D eigenvalue weighted by molar-refractivity contribution is 7.89. The van der Waals surface area contributed by atoms with E-state index in [9.17, 15) is 18.0 Å². The van der Waals surface area contributed by atoms with Gasteiger partial charge in [0, 0.05) is 19.6 Å². The summed E-state index contributed by atoms with van der Waals surface area (Å²) in [7, 11) is -3.89. The number of nitrogens with zero attached hydrogens (tertiary/aromatic N) is 2. The van der Waals surface area contributed by atoms with Crippen molar-refractivity contribution in [3.8, 4) is 0 Å². The van der Waals surface area contributed by atoms with E-state index in [1.165, 1.54) is 16.4 Å². The van der Waals surface area contributed by atoms with Crippen molar-refractivity contribution in [2.45, 2.75) is 63.7 Å². The number of hydrogen-bond acceptors (Lipinski definition) is 6. The molecule has 0 unspecified atom stereocenters. The van der Waals surface area contributed by atoms with Crippen molar-refractivity contribution in [1.29, 1.82) is 0 Å². The molecule has 10 nitrogen and oxygen atoms in total. The Hall–Kier alpha value is -2.68. The number of morpholine rings is 1. The summed E-state index contributed by atoms with van der Waals surface area (Å²) >= 11 is 0. The van der Waals surface area contributed by atoms with Crippen molar-refractivity contribution in [3.63, 3.8) is 0 Å². The molecule has 0 aliphatic carbocycles. The maximum atomic E-state index is 13.1. The first-order valence-electron chi connectivity index (χ1n) is 11.2. The van der Waals surface area contributed by atoms with Crippen LogP contribution < -0.4 is 10.6 Å². The van der Waals surface area contributed by atoms with Crippen LogP contribution in [0.2, 0.25) is 0 Å². The van der Waals surface area contributed by atoms with Gasteiger partial charge in [0.1, 0.15) is 11.6 Å². The zero-order valence-electron chi connectivity index (χ0n) is 20.3. The van der Waals surface area contributed by atoms with E-state index < -0.39 is 39.8 Å². The molecule has 188 valence electrons. The quantitative estimate of drug-likeness (QED) is 0.537. The predicted octanol–water partition coefficient (Wildman–Crippen LogP) is 2.68. The van der Waals surface area contributed by atoms with Crippen LogP contribution >= 0.6 is 0 Å².